The molecule has 9 nitrogen and oxygen atoms in total. The summed E-state index contributed by atoms with van der Waals surface area (Å²) in [6.07, 6.45) is 3.54. The van der Waals surface area contributed by atoms with Crippen molar-refractivity contribution >= 4 is 11.9 Å². The summed E-state index contributed by atoms with van der Waals surface area (Å²) >= 11 is 0. The SMILES string of the molecule is CCO.O=C([O-])c1cccc(C(=O)[O-])n1.[O-2].[V+4].c1ccc(-c2ccccn2)nc1. The Morgan fingerprint density at radius 3 is 1.48 bits per heavy atom. The summed E-state index contributed by atoms with van der Waals surface area (Å²) in [6.45, 7) is 1.93. The molecule has 0 bridgehead atoms. The van der Waals surface area contributed by atoms with Gasteiger partial charge in [0, 0.05) is 19.0 Å². The predicted molar refractivity (Wildman–Crippen MR) is 93.8 cm³/mol. The van der Waals surface area contributed by atoms with E-state index in [1.807, 2.05) is 36.4 Å². The van der Waals surface area contributed by atoms with Crippen molar-refractivity contribution in [3.8, 4) is 11.4 Å². The van der Waals surface area contributed by atoms with Crippen molar-refractivity contribution in [2.45, 2.75) is 6.92 Å². The van der Waals surface area contributed by atoms with Crippen LogP contribution in [0.5, 0.6) is 0 Å². The second-order valence-electron chi connectivity index (χ2n) is 4.73. The van der Waals surface area contributed by atoms with E-state index in [0.29, 0.717) is 0 Å². The minimum Gasteiger partial charge on any atom is -2.00 e. The Morgan fingerprint density at radius 1 is 0.828 bits per heavy atom. The quantitative estimate of drug-likeness (QED) is 0.593. The Hall–Kier alpha value is -3.11. The average molecular weight is 434 g/mol. The number of hydrogen-bond acceptors (Lipinski definition) is 8. The van der Waals surface area contributed by atoms with Gasteiger partial charge in [-0.2, -0.15) is 0 Å². The van der Waals surface area contributed by atoms with E-state index in [2.05, 4.69) is 15.0 Å². The van der Waals surface area contributed by atoms with Crippen LogP contribution in [-0.4, -0.2) is 38.6 Å². The maximum atomic E-state index is 10.2. The molecule has 0 fully saturated rings. The number of carbonyl (C=O) groups is 2. The number of aromatic carboxylic acids is 2. The van der Waals surface area contributed by atoms with E-state index in [9.17, 15) is 19.8 Å². The topological polar surface area (TPSA) is 168 Å². The van der Waals surface area contributed by atoms with Crippen LogP contribution in [0.2, 0.25) is 0 Å². The number of carbonyl (C=O) groups excluding carboxylic acids is 2. The molecule has 149 valence electrons. The van der Waals surface area contributed by atoms with Crippen LogP contribution in [-0.2, 0) is 24.0 Å². The van der Waals surface area contributed by atoms with Crippen molar-refractivity contribution in [1.29, 1.82) is 0 Å². The summed E-state index contributed by atoms with van der Waals surface area (Å²) < 4.78 is 0. The molecule has 3 heterocycles. The number of carboxylic acids is 2. The molecule has 3 rings (SSSR count). The van der Waals surface area contributed by atoms with Crippen LogP contribution >= 0.6 is 0 Å². The fraction of sp³-hybridized carbons (Fsp3) is 0.105. The molecular formula is C19H17N3O6V. The van der Waals surface area contributed by atoms with Gasteiger partial charge in [0.05, 0.1) is 34.7 Å². The van der Waals surface area contributed by atoms with Crippen molar-refractivity contribution in [2.24, 2.45) is 0 Å². The molecule has 3 aromatic rings. The van der Waals surface area contributed by atoms with Crippen molar-refractivity contribution in [3.05, 3.63) is 78.4 Å². The third-order valence-electron chi connectivity index (χ3n) is 2.76. The van der Waals surface area contributed by atoms with Gasteiger partial charge in [0.25, 0.3) is 0 Å². The van der Waals surface area contributed by atoms with Crippen molar-refractivity contribution < 1.29 is 48.9 Å². The molecule has 0 aromatic carbocycles. The molecule has 0 atom stereocenters. The van der Waals surface area contributed by atoms with Gasteiger partial charge >= 0.3 is 18.6 Å². The maximum absolute atomic E-state index is 10.2. The molecule has 0 unspecified atom stereocenters. The molecule has 10 heteroatoms. The molecule has 1 radical (unpaired) electrons. The number of nitrogens with zero attached hydrogens (tertiary/aromatic N) is 3. The normalized spacial score (nSPS) is 8.48. The Morgan fingerprint density at radius 2 is 1.21 bits per heavy atom. The van der Waals surface area contributed by atoms with Crippen LogP contribution < -0.4 is 10.2 Å². The van der Waals surface area contributed by atoms with E-state index >= 15 is 0 Å². The summed E-state index contributed by atoms with van der Waals surface area (Å²) in [5.41, 5.74) is 0.990. The molecule has 1 N–H and O–H groups in total. The van der Waals surface area contributed by atoms with Gasteiger partial charge in [-0.1, -0.05) is 18.2 Å². The number of carboxylic acid groups (broad SMARTS) is 2. The number of aliphatic hydroxyl groups is 1. The van der Waals surface area contributed by atoms with E-state index in [0.717, 1.165) is 23.5 Å². The van der Waals surface area contributed by atoms with Gasteiger partial charge in [0.1, 0.15) is 0 Å². The smallest absolute Gasteiger partial charge is 2.00 e. The molecule has 0 amide bonds. The third kappa shape index (κ3) is 10.7. The van der Waals surface area contributed by atoms with Gasteiger partial charge in [-0.3, -0.25) is 9.97 Å². The van der Waals surface area contributed by atoms with Gasteiger partial charge in [-0.25, -0.2) is 4.98 Å². The Labute approximate surface area is 179 Å². The zero-order valence-corrected chi connectivity index (χ0v) is 16.7. The molecule has 0 aliphatic carbocycles. The first-order valence-corrected chi connectivity index (χ1v) is 7.82. The summed E-state index contributed by atoms with van der Waals surface area (Å²) in [5.74, 6) is -3.03. The van der Waals surface area contributed by atoms with Crippen LogP contribution in [0.1, 0.15) is 27.9 Å². The first-order chi connectivity index (χ1) is 13.0. The number of aromatic nitrogens is 3. The van der Waals surface area contributed by atoms with E-state index in [1.54, 1.807) is 19.3 Å². The molecule has 0 aliphatic rings. The van der Waals surface area contributed by atoms with Gasteiger partial charge in [-0.05, 0) is 43.3 Å². The van der Waals surface area contributed by atoms with Crippen molar-refractivity contribution in [1.82, 2.24) is 15.0 Å². The zero-order valence-electron chi connectivity index (χ0n) is 15.3. The molecule has 0 spiro atoms. The molecule has 3 aromatic heterocycles. The first kappa shape index (κ1) is 28.1. The Bertz CT molecular complexity index is 784. The largest absolute Gasteiger partial charge is 4.00 e. The molecule has 0 saturated heterocycles. The van der Waals surface area contributed by atoms with E-state index in [4.69, 9.17) is 5.11 Å². The van der Waals surface area contributed by atoms with Crippen molar-refractivity contribution in [3.63, 3.8) is 0 Å². The second kappa shape index (κ2) is 15.9. The summed E-state index contributed by atoms with van der Waals surface area (Å²) in [4.78, 5) is 32.0. The van der Waals surface area contributed by atoms with Crippen LogP contribution in [0.3, 0.4) is 0 Å². The van der Waals surface area contributed by atoms with E-state index < -0.39 is 23.3 Å². The summed E-state index contributed by atoms with van der Waals surface area (Å²) in [7, 11) is 0. The first-order valence-electron chi connectivity index (χ1n) is 7.82. The third-order valence-corrected chi connectivity index (χ3v) is 2.76. The average Bonchev–Trinajstić information content (AvgIpc) is 2.70. The van der Waals surface area contributed by atoms with Gasteiger partial charge < -0.3 is 30.4 Å². The Kier molecular flexibility index (Phi) is 15.4. The Balaban J connectivity index is 0. The minimum atomic E-state index is -1.52. The number of hydrogen-bond donors (Lipinski definition) is 1. The summed E-state index contributed by atoms with van der Waals surface area (Å²) in [6, 6.07) is 15.1. The standard InChI is InChI=1S/C10H8N2.C7H5NO4.C2H6O.O.V/c1-3-7-11-9(5-1)10-6-2-4-8-12-10;9-6(10)4-2-1-3-5(8-4)7(11)12;1-2-3;;/h1-8H;1-3H,(H,9,10)(H,11,12);3H,2H2,1H3;;/q;;;-2;+4/p-2. The van der Waals surface area contributed by atoms with Crippen LogP contribution in [0.4, 0.5) is 0 Å². The van der Waals surface area contributed by atoms with E-state index in [-0.39, 0.29) is 30.6 Å². The van der Waals surface area contributed by atoms with Crippen LogP contribution in [0.15, 0.2) is 67.0 Å². The number of rotatable bonds is 3. The van der Waals surface area contributed by atoms with E-state index in [1.165, 1.54) is 6.07 Å². The molecular weight excluding hydrogens is 417 g/mol. The number of pyridine rings is 3. The van der Waals surface area contributed by atoms with Crippen LogP contribution in [0.25, 0.3) is 11.4 Å². The van der Waals surface area contributed by atoms with Gasteiger partial charge in [0.2, 0.25) is 0 Å². The maximum Gasteiger partial charge on any atom is 4.00 e. The number of aliphatic hydroxyl groups excluding tert-OH is 1. The monoisotopic (exact) mass is 434 g/mol. The molecule has 0 saturated carbocycles. The minimum absolute atomic E-state index is 0. The van der Waals surface area contributed by atoms with Crippen molar-refractivity contribution in [2.75, 3.05) is 6.61 Å². The predicted octanol–water partition coefficient (Wildman–Crippen LogP) is -0.171. The fourth-order valence-corrected chi connectivity index (χ4v) is 1.69. The summed E-state index contributed by atoms with van der Waals surface area (Å²) in [5, 5.41) is 27.9. The fourth-order valence-electron chi connectivity index (χ4n) is 1.69. The van der Waals surface area contributed by atoms with Gasteiger partial charge in [-0.15, -0.1) is 0 Å². The second-order valence-corrected chi connectivity index (χ2v) is 4.73. The van der Waals surface area contributed by atoms with Gasteiger partial charge in [0.15, 0.2) is 0 Å². The van der Waals surface area contributed by atoms with Crippen LogP contribution in [0, 0.1) is 0 Å². The zero-order chi connectivity index (χ0) is 20.1. The molecule has 0 aliphatic heterocycles. The molecule has 29 heavy (non-hydrogen) atoms.